The predicted molar refractivity (Wildman–Crippen MR) is 112 cm³/mol. The molecular formula is C24H32Cl2SiTi. The van der Waals surface area contributed by atoms with Gasteiger partial charge in [-0.15, -0.1) is 0 Å². The minimum absolute atomic E-state index is 0. The van der Waals surface area contributed by atoms with Crippen LogP contribution < -0.4 is 24.8 Å². The quantitative estimate of drug-likeness (QED) is 0.538. The van der Waals surface area contributed by atoms with Crippen molar-refractivity contribution >= 4 is 6.19 Å². The van der Waals surface area contributed by atoms with E-state index in [2.05, 4.69) is 52.9 Å². The van der Waals surface area contributed by atoms with Crippen molar-refractivity contribution in [1.82, 2.24) is 0 Å². The summed E-state index contributed by atoms with van der Waals surface area (Å²) < 4.78 is 3.77. The molecule has 4 aliphatic carbocycles. The van der Waals surface area contributed by atoms with Crippen molar-refractivity contribution in [2.24, 2.45) is 0 Å². The Hall–Kier alpha value is -0.0488. The number of halogens is 2. The number of rotatable bonds is 2. The van der Waals surface area contributed by atoms with Crippen molar-refractivity contribution in [3.05, 3.63) is 64.5 Å². The van der Waals surface area contributed by atoms with E-state index in [0.29, 0.717) is 0 Å². The van der Waals surface area contributed by atoms with Crippen molar-refractivity contribution < 1.29 is 41.4 Å². The summed E-state index contributed by atoms with van der Waals surface area (Å²) in [7, 11) is 0. The van der Waals surface area contributed by atoms with Crippen LogP contribution in [0, 0.1) is 0 Å². The van der Waals surface area contributed by atoms with Gasteiger partial charge < -0.3 is 24.8 Å². The Morgan fingerprint density at radius 1 is 0.679 bits per heavy atom. The summed E-state index contributed by atoms with van der Waals surface area (Å²) in [6, 6.07) is 0. The van der Waals surface area contributed by atoms with Gasteiger partial charge in [-0.25, -0.2) is 0 Å². The fraction of sp³-hybridized carbons (Fsp3) is 0.500. The van der Waals surface area contributed by atoms with E-state index in [9.17, 15) is 0 Å². The van der Waals surface area contributed by atoms with Crippen LogP contribution in [0.1, 0.15) is 66.2 Å². The SMILES string of the molecule is CC1=CC2=C(C)CCCC2=[C]1[Ti+2]([C]1=C2CCCC(C)=C2C=C1C)=[Si](C)C.[Cl-].[Cl-]. The summed E-state index contributed by atoms with van der Waals surface area (Å²) in [6.07, 6.45) is 12.8. The molecule has 4 rings (SSSR count). The van der Waals surface area contributed by atoms with Gasteiger partial charge in [0.2, 0.25) is 0 Å². The Kier molecular flexibility index (Phi) is 8.13. The second-order valence-corrected chi connectivity index (χ2v) is 20.3. The van der Waals surface area contributed by atoms with Crippen LogP contribution in [0.4, 0.5) is 0 Å². The molecule has 0 fully saturated rings. The third-order valence-corrected chi connectivity index (χ3v) is 18.1. The number of fused-ring (bicyclic) bond motifs is 2. The molecule has 0 unspecified atom stereocenters. The van der Waals surface area contributed by atoms with E-state index in [-0.39, 0.29) is 31.0 Å². The topological polar surface area (TPSA) is 0 Å². The third kappa shape index (κ3) is 3.95. The summed E-state index contributed by atoms with van der Waals surface area (Å²) in [5.74, 6) is 0. The standard InChI is InChI=1S/2C11H13.C2H6Si.2ClH.Ti/c2*1-8-6-10-5-3-4-9(2)11(10)7-8;1-3-2;;;/h2*7H,3-5H2,1-2H3;1-2H3;2*1H;/q;;;;;+2/p-2. The van der Waals surface area contributed by atoms with Gasteiger partial charge in [0.25, 0.3) is 0 Å². The van der Waals surface area contributed by atoms with Crippen LogP contribution in [-0.4, -0.2) is 6.19 Å². The summed E-state index contributed by atoms with van der Waals surface area (Å²) in [5, 5.41) is 0. The average Bonchev–Trinajstić information content (AvgIpc) is 3.09. The molecule has 150 valence electrons. The number of hydrogen-bond acceptors (Lipinski definition) is 0. The number of hydrogen-bond donors (Lipinski definition) is 0. The first-order valence-corrected chi connectivity index (χ1v) is 16.7. The Balaban J connectivity index is 0.00000140. The van der Waals surface area contributed by atoms with E-state index in [0.717, 1.165) is 0 Å². The van der Waals surface area contributed by atoms with E-state index < -0.39 is 16.6 Å². The van der Waals surface area contributed by atoms with Crippen LogP contribution in [-0.2, 0) is 16.6 Å². The average molecular weight is 467 g/mol. The molecular weight excluding hydrogens is 435 g/mol. The molecule has 4 heteroatoms. The van der Waals surface area contributed by atoms with E-state index in [1.54, 1.807) is 44.6 Å². The largest absolute Gasteiger partial charge is 1.00 e. The van der Waals surface area contributed by atoms with Crippen LogP contribution in [0.5, 0.6) is 0 Å². The smallest absolute Gasteiger partial charge is 1.00 e. The molecule has 0 spiro atoms. The van der Waals surface area contributed by atoms with E-state index in [1.165, 1.54) is 38.5 Å². The zero-order chi connectivity index (χ0) is 18.6. The van der Waals surface area contributed by atoms with Gasteiger partial charge in [-0.3, -0.25) is 0 Å². The maximum absolute atomic E-state index is 2.61. The molecule has 0 nitrogen and oxygen atoms in total. The third-order valence-electron chi connectivity index (χ3n) is 6.64. The first kappa shape index (κ1) is 24.2. The van der Waals surface area contributed by atoms with Crippen LogP contribution >= 0.6 is 0 Å². The van der Waals surface area contributed by atoms with Crippen molar-refractivity contribution in [2.75, 3.05) is 0 Å². The molecule has 0 radical (unpaired) electrons. The molecule has 28 heavy (non-hydrogen) atoms. The molecule has 0 aromatic heterocycles. The Bertz CT molecular complexity index is 862. The van der Waals surface area contributed by atoms with Gasteiger partial charge in [-0.2, -0.15) is 0 Å². The molecule has 0 heterocycles. The summed E-state index contributed by atoms with van der Waals surface area (Å²) in [5.41, 5.74) is 13.4. The molecule has 0 aromatic rings. The van der Waals surface area contributed by atoms with E-state index >= 15 is 0 Å². The minimum Gasteiger partial charge on any atom is -1.00 e. The molecule has 4 aliphatic rings. The first-order chi connectivity index (χ1) is 12.4. The van der Waals surface area contributed by atoms with Gasteiger partial charge >= 0.3 is 167 Å². The summed E-state index contributed by atoms with van der Waals surface area (Å²) in [4.78, 5) is 0. The number of allylic oxidation sites excluding steroid dienone is 12. The molecule has 0 saturated heterocycles. The fourth-order valence-electron chi connectivity index (χ4n) is 5.43. The molecule has 0 amide bonds. The van der Waals surface area contributed by atoms with Crippen LogP contribution in [0.25, 0.3) is 0 Å². The van der Waals surface area contributed by atoms with Crippen LogP contribution in [0.15, 0.2) is 64.5 Å². The van der Waals surface area contributed by atoms with Gasteiger partial charge in [0, 0.05) is 0 Å². The Labute approximate surface area is 190 Å². The fourth-order valence-corrected chi connectivity index (χ4v) is 17.6. The molecule has 0 saturated carbocycles. The van der Waals surface area contributed by atoms with E-state index in [1.807, 2.05) is 7.76 Å². The maximum atomic E-state index is 2.61. The molecule has 0 N–H and O–H groups in total. The van der Waals surface area contributed by atoms with Crippen LogP contribution in [0.3, 0.4) is 0 Å². The minimum atomic E-state index is -1.47. The van der Waals surface area contributed by atoms with E-state index in [4.69, 9.17) is 0 Å². The normalized spacial score (nSPS) is 20.8. The van der Waals surface area contributed by atoms with Crippen molar-refractivity contribution in [3.8, 4) is 0 Å². The van der Waals surface area contributed by atoms with Crippen molar-refractivity contribution in [3.63, 3.8) is 0 Å². The monoisotopic (exact) mass is 466 g/mol. The zero-order valence-corrected chi connectivity index (χ0v) is 22.2. The summed E-state index contributed by atoms with van der Waals surface area (Å²) in [6.45, 7) is 14.8. The molecule has 0 atom stereocenters. The molecule has 0 bridgehead atoms. The predicted octanol–water partition coefficient (Wildman–Crippen LogP) is 1.29. The van der Waals surface area contributed by atoms with Crippen molar-refractivity contribution in [2.45, 2.75) is 79.3 Å². The zero-order valence-electron chi connectivity index (χ0n) is 18.2. The van der Waals surface area contributed by atoms with Gasteiger partial charge in [-0.05, 0) is 0 Å². The Morgan fingerprint density at radius 3 is 1.43 bits per heavy atom. The van der Waals surface area contributed by atoms with Crippen molar-refractivity contribution in [1.29, 1.82) is 0 Å². The second kappa shape index (κ2) is 9.40. The maximum Gasteiger partial charge on any atom is -1.00 e. The Morgan fingerprint density at radius 2 is 1.07 bits per heavy atom. The van der Waals surface area contributed by atoms with Gasteiger partial charge in [0.1, 0.15) is 0 Å². The van der Waals surface area contributed by atoms with Gasteiger partial charge in [-0.1, -0.05) is 0 Å². The second-order valence-electron chi connectivity index (χ2n) is 8.83. The van der Waals surface area contributed by atoms with Crippen LogP contribution in [0.2, 0.25) is 13.1 Å². The molecule has 0 aliphatic heterocycles. The molecule has 0 aromatic carbocycles. The van der Waals surface area contributed by atoms with Gasteiger partial charge in [0.15, 0.2) is 0 Å². The summed E-state index contributed by atoms with van der Waals surface area (Å²) >= 11 is -1.47. The first-order valence-electron chi connectivity index (χ1n) is 10.3. The van der Waals surface area contributed by atoms with Gasteiger partial charge in [0.05, 0.1) is 0 Å².